The predicted molar refractivity (Wildman–Crippen MR) is 92.4 cm³/mol. The van der Waals surface area contributed by atoms with Crippen LogP contribution in [-0.2, 0) is 0 Å². The van der Waals surface area contributed by atoms with Gasteiger partial charge in [-0.3, -0.25) is 0 Å². The molecule has 0 unspecified atom stereocenters. The van der Waals surface area contributed by atoms with Gasteiger partial charge in [-0.1, -0.05) is 28.1 Å². The molecule has 0 bridgehead atoms. The fraction of sp³-hybridized carbons (Fsp3) is 0.235. The molecular weight excluding hydrogens is 326 g/mol. The molecule has 0 amide bonds. The summed E-state index contributed by atoms with van der Waals surface area (Å²) in [6, 6.07) is 12.5. The van der Waals surface area contributed by atoms with E-state index in [9.17, 15) is 0 Å². The molecule has 0 aliphatic rings. The van der Waals surface area contributed by atoms with Gasteiger partial charge in [0.1, 0.15) is 5.82 Å². The van der Waals surface area contributed by atoms with Crippen LogP contribution in [0.5, 0.6) is 0 Å². The molecule has 2 aromatic carbocycles. The van der Waals surface area contributed by atoms with Crippen LogP contribution in [0.3, 0.4) is 0 Å². The van der Waals surface area contributed by atoms with E-state index >= 15 is 0 Å². The number of anilines is 1. The third-order valence-corrected chi connectivity index (χ3v) is 4.19. The number of benzene rings is 2. The van der Waals surface area contributed by atoms with E-state index in [1.165, 1.54) is 0 Å². The van der Waals surface area contributed by atoms with Crippen LogP contribution >= 0.6 is 15.9 Å². The summed E-state index contributed by atoms with van der Waals surface area (Å²) in [6.45, 7) is 6.41. The van der Waals surface area contributed by atoms with Crippen LogP contribution in [0.4, 0.5) is 5.69 Å². The maximum absolute atomic E-state index is 6.21. The van der Waals surface area contributed by atoms with Gasteiger partial charge in [-0.2, -0.15) is 0 Å². The summed E-state index contributed by atoms with van der Waals surface area (Å²) in [5, 5.41) is 0. The molecule has 1 aromatic heterocycles. The van der Waals surface area contributed by atoms with Crippen LogP contribution in [0.1, 0.15) is 25.5 Å². The Kier molecular flexibility index (Phi) is 3.49. The largest absolute Gasteiger partial charge is 0.398 e. The minimum atomic E-state index is 0.310. The predicted octanol–water partition coefficient (Wildman–Crippen LogP) is 4.94. The van der Waals surface area contributed by atoms with Gasteiger partial charge in [-0.05, 0) is 50.6 Å². The maximum Gasteiger partial charge on any atom is 0.143 e. The molecule has 3 rings (SSSR count). The Labute approximate surface area is 132 Å². The number of nitrogens with zero attached hydrogens (tertiary/aromatic N) is 2. The van der Waals surface area contributed by atoms with Crippen molar-refractivity contribution < 1.29 is 0 Å². The third-order valence-electron chi connectivity index (χ3n) is 3.70. The van der Waals surface area contributed by atoms with Crippen molar-refractivity contribution in [2.24, 2.45) is 0 Å². The molecule has 21 heavy (non-hydrogen) atoms. The molecule has 3 nitrogen and oxygen atoms in total. The molecule has 0 aliphatic carbocycles. The van der Waals surface area contributed by atoms with Crippen molar-refractivity contribution in [2.45, 2.75) is 26.8 Å². The van der Waals surface area contributed by atoms with E-state index in [0.29, 0.717) is 6.04 Å². The number of aryl methyl sites for hydroxylation is 1. The number of nitrogen functional groups attached to an aromatic ring is 1. The first-order valence-electron chi connectivity index (χ1n) is 7.02. The van der Waals surface area contributed by atoms with Gasteiger partial charge in [-0.25, -0.2) is 4.98 Å². The van der Waals surface area contributed by atoms with E-state index in [1.807, 2.05) is 24.3 Å². The van der Waals surface area contributed by atoms with Gasteiger partial charge in [-0.15, -0.1) is 0 Å². The Morgan fingerprint density at radius 1 is 1.19 bits per heavy atom. The normalized spacial score (nSPS) is 11.5. The first-order valence-corrected chi connectivity index (χ1v) is 7.81. The van der Waals surface area contributed by atoms with Crippen LogP contribution in [0.2, 0.25) is 0 Å². The number of halogens is 1. The average Bonchev–Trinajstić information content (AvgIpc) is 2.76. The smallest absolute Gasteiger partial charge is 0.143 e. The van der Waals surface area contributed by atoms with Crippen molar-refractivity contribution in [1.82, 2.24) is 9.55 Å². The standard InChI is InChI=1S/C17H18BrN3/c1-10(2)21-15-8-7-12(18)9-14(15)20-17(21)16-11(3)5-4-6-13(16)19/h4-10H,19H2,1-3H3. The zero-order chi connectivity index (χ0) is 15.1. The summed E-state index contributed by atoms with van der Waals surface area (Å²) in [5.74, 6) is 0.939. The Morgan fingerprint density at radius 3 is 2.62 bits per heavy atom. The summed E-state index contributed by atoms with van der Waals surface area (Å²) in [6.07, 6.45) is 0. The Balaban J connectivity index is 2.39. The summed E-state index contributed by atoms with van der Waals surface area (Å²) >= 11 is 3.51. The van der Waals surface area contributed by atoms with E-state index in [2.05, 4.69) is 53.4 Å². The Morgan fingerprint density at radius 2 is 1.95 bits per heavy atom. The molecule has 0 spiro atoms. The highest BCUT2D eigenvalue weighted by Crippen LogP contribution is 2.34. The minimum Gasteiger partial charge on any atom is -0.398 e. The van der Waals surface area contributed by atoms with E-state index in [4.69, 9.17) is 10.7 Å². The maximum atomic E-state index is 6.21. The van der Waals surface area contributed by atoms with Crippen molar-refractivity contribution in [3.8, 4) is 11.4 Å². The number of hydrogen-bond donors (Lipinski definition) is 1. The van der Waals surface area contributed by atoms with Gasteiger partial charge in [0.2, 0.25) is 0 Å². The molecule has 0 saturated carbocycles. The van der Waals surface area contributed by atoms with Gasteiger partial charge in [0.05, 0.1) is 11.0 Å². The van der Waals surface area contributed by atoms with E-state index in [-0.39, 0.29) is 0 Å². The van der Waals surface area contributed by atoms with E-state index in [0.717, 1.165) is 38.1 Å². The molecule has 3 aromatic rings. The van der Waals surface area contributed by atoms with Crippen molar-refractivity contribution in [2.75, 3.05) is 5.73 Å². The highest BCUT2D eigenvalue weighted by molar-refractivity contribution is 9.10. The van der Waals surface area contributed by atoms with Crippen LogP contribution in [0, 0.1) is 6.92 Å². The highest BCUT2D eigenvalue weighted by atomic mass is 79.9. The monoisotopic (exact) mass is 343 g/mol. The minimum absolute atomic E-state index is 0.310. The lowest BCUT2D eigenvalue weighted by Crippen LogP contribution is -2.05. The number of rotatable bonds is 2. The van der Waals surface area contributed by atoms with Crippen LogP contribution in [-0.4, -0.2) is 9.55 Å². The lowest BCUT2D eigenvalue weighted by atomic mass is 10.1. The fourth-order valence-corrected chi connectivity index (χ4v) is 3.12. The fourth-order valence-electron chi connectivity index (χ4n) is 2.77. The molecule has 0 fully saturated rings. The third kappa shape index (κ3) is 2.33. The van der Waals surface area contributed by atoms with Crippen LogP contribution in [0.15, 0.2) is 40.9 Å². The molecule has 1 heterocycles. The second-order valence-corrected chi connectivity index (χ2v) is 6.49. The second-order valence-electron chi connectivity index (χ2n) is 5.57. The van der Waals surface area contributed by atoms with Crippen molar-refractivity contribution in [1.29, 1.82) is 0 Å². The van der Waals surface area contributed by atoms with Crippen molar-refractivity contribution >= 4 is 32.7 Å². The molecule has 108 valence electrons. The molecule has 2 N–H and O–H groups in total. The SMILES string of the molecule is Cc1cccc(N)c1-c1nc2cc(Br)ccc2n1C(C)C. The first-order chi connectivity index (χ1) is 9.99. The number of fused-ring (bicyclic) bond motifs is 1. The summed E-state index contributed by atoms with van der Waals surface area (Å²) in [5.41, 5.74) is 11.3. The lowest BCUT2D eigenvalue weighted by Gasteiger charge is -2.15. The molecule has 0 saturated heterocycles. The quantitative estimate of drug-likeness (QED) is 0.670. The first kappa shape index (κ1) is 14.1. The van der Waals surface area contributed by atoms with E-state index < -0.39 is 0 Å². The van der Waals surface area contributed by atoms with Crippen molar-refractivity contribution in [3.05, 3.63) is 46.4 Å². The second kappa shape index (κ2) is 5.19. The Hall–Kier alpha value is -1.81. The molecule has 0 radical (unpaired) electrons. The summed E-state index contributed by atoms with van der Waals surface area (Å²) < 4.78 is 3.29. The topological polar surface area (TPSA) is 43.8 Å². The van der Waals surface area contributed by atoms with Gasteiger partial charge in [0.15, 0.2) is 0 Å². The zero-order valence-corrected chi connectivity index (χ0v) is 14.0. The lowest BCUT2D eigenvalue weighted by molar-refractivity contribution is 0.624. The Bertz CT molecular complexity index is 798. The summed E-state index contributed by atoms with van der Waals surface area (Å²) in [7, 11) is 0. The van der Waals surface area contributed by atoms with Gasteiger partial charge < -0.3 is 10.3 Å². The van der Waals surface area contributed by atoms with Crippen molar-refractivity contribution in [3.63, 3.8) is 0 Å². The highest BCUT2D eigenvalue weighted by Gasteiger charge is 2.18. The average molecular weight is 344 g/mol. The van der Waals surface area contributed by atoms with Gasteiger partial charge >= 0.3 is 0 Å². The number of nitrogens with two attached hydrogens (primary N) is 1. The van der Waals surface area contributed by atoms with Crippen LogP contribution in [0.25, 0.3) is 22.4 Å². The number of aromatic nitrogens is 2. The molecule has 4 heteroatoms. The molecular formula is C17H18BrN3. The zero-order valence-electron chi connectivity index (χ0n) is 12.4. The van der Waals surface area contributed by atoms with Gasteiger partial charge in [0, 0.05) is 21.8 Å². The molecule has 0 atom stereocenters. The van der Waals surface area contributed by atoms with Crippen LogP contribution < -0.4 is 5.73 Å². The summed E-state index contributed by atoms with van der Waals surface area (Å²) in [4.78, 5) is 4.84. The molecule has 0 aliphatic heterocycles. The van der Waals surface area contributed by atoms with E-state index in [1.54, 1.807) is 0 Å². The number of imidazole rings is 1. The number of hydrogen-bond acceptors (Lipinski definition) is 2. The van der Waals surface area contributed by atoms with Gasteiger partial charge in [0.25, 0.3) is 0 Å².